The van der Waals surface area contributed by atoms with Crippen LogP contribution in [0.5, 0.6) is 0 Å². The number of benzene rings is 1. The molecule has 1 unspecified atom stereocenters. The summed E-state index contributed by atoms with van der Waals surface area (Å²) in [4.78, 5) is 0. The standard InChI is InChI=1S/C14H22O3/c1-2-17-14(9-6-10-15)12-16-11-13-7-4-3-5-8-13/h3-5,7-8,14-15H,2,6,9-12H2,1H3. The fraction of sp³-hybridized carbons (Fsp3) is 0.571. The summed E-state index contributed by atoms with van der Waals surface area (Å²) in [5.74, 6) is 0. The van der Waals surface area contributed by atoms with Crippen LogP contribution in [0.4, 0.5) is 0 Å². The summed E-state index contributed by atoms with van der Waals surface area (Å²) in [6, 6.07) is 10.1. The van der Waals surface area contributed by atoms with Gasteiger partial charge in [0.25, 0.3) is 0 Å². The van der Waals surface area contributed by atoms with E-state index in [9.17, 15) is 0 Å². The minimum absolute atomic E-state index is 0.0934. The molecule has 0 aromatic heterocycles. The zero-order valence-corrected chi connectivity index (χ0v) is 10.5. The smallest absolute Gasteiger partial charge is 0.0809 e. The molecule has 1 aromatic carbocycles. The van der Waals surface area contributed by atoms with Crippen LogP contribution in [0.15, 0.2) is 30.3 Å². The minimum Gasteiger partial charge on any atom is -0.396 e. The van der Waals surface area contributed by atoms with E-state index in [1.807, 2.05) is 37.3 Å². The zero-order chi connectivity index (χ0) is 12.3. The highest BCUT2D eigenvalue weighted by Crippen LogP contribution is 2.06. The van der Waals surface area contributed by atoms with Gasteiger partial charge in [0.1, 0.15) is 0 Å². The summed E-state index contributed by atoms with van der Waals surface area (Å²) in [6.45, 7) is 4.07. The molecule has 0 spiro atoms. The molecule has 3 heteroatoms. The first kappa shape index (κ1) is 14.2. The first-order chi connectivity index (χ1) is 8.36. The van der Waals surface area contributed by atoms with E-state index in [0.29, 0.717) is 19.8 Å². The quantitative estimate of drug-likeness (QED) is 0.718. The van der Waals surface area contributed by atoms with Crippen molar-refractivity contribution in [2.24, 2.45) is 0 Å². The van der Waals surface area contributed by atoms with E-state index in [1.54, 1.807) is 0 Å². The van der Waals surface area contributed by atoms with Gasteiger partial charge < -0.3 is 14.6 Å². The van der Waals surface area contributed by atoms with Crippen molar-refractivity contribution in [3.05, 3.63) is 35.9 Å². The first-order valence-electron chi connectivity index (χ1n) is 6.21. The van der Waals surface area contributed by atoms with E-state index < -0.39 is 0 Å². The third kappa shape index (κ3) is 6.41. The predicted octanol–water partition coefficient (Wildman–Crippen LogP) is 2.38. The number of hydrogen-bond donors (Lipinski definition) is 1. The van der Waals surface area contributed by atoms with Gasteiger partial charge in [0.05, 0.1) is 19.3 Å². The van der Waals surface area contributed by atoms with Crippen molar-refractivity contribution < 1.29 is 14.6 Å². The highest BCUT2D eigenvalue weighted by molar-refractivity contribution is 5.13. The van der Waals surface area contributed by atoms with Gasteiger partial charge in [-0.2, -0.15) is 0 Å². The maximum absolute atomic E-state index is 8.79. The van der Waals surface area contributed by atoms with Crippen LogP contribution < -0.4 is 0 Å². The van der Waals surface area contributed by atoms with Gasteiger partial charge in [-0.25, -0.2) is 0 Å². The third-order valence-electron chi connectivity index (χ3n) is 2.50. The van der Waals surface area contributed by atoms with Gasteiger partial charge in [-0.1, -0.05) is 30.3 Å². The van der Waals surface area contributed by atoms with E-state index in [1.165, 1.54) is 5.56 Å². The third-order valence-corrected chi connectivity index (χ3v) is 2.50. The molecule has 17 heavy (non-hydrogen) atoms. The maximum Gasteiger partial charge on any atom is 0.0809 e. The number of aliphatic hydroxyl groups is 1. The average Bonchev–Trinajstić information content (AvgIpc) is 2.37. The molecule has 0 radical (unpaired) electrons. The molecule has 0 aliphatic carbocycles. The molecular formula is C14H22O3. The molecule has 1 N–H and O–H groups in total. The van der Waals surface area contributed by atoms with Crippen molar-refractivity contribution in [3.63, 3.8) is 0 Å². The van der Waals surface area contributed by atoms with Crippen LogP contribution in [0.1, 0.15) is 25.3 Å². The topological polar surface area (TPSA) is 38.7 Å². The highest BCUT2D eigenvalue weighted by Gasteiger charge is 2.08. The summed E-state index contributed by atoms with van der Waals surface area (Å²) in [5.41, 5.74) is 1.17. The SMILES string of the molecule is CCOC(CCCO)COCc1ccccc1. The molecule has 1 atom stereocenters. The van der Waals surface area contributed by atoms with Gasteiger partial charge in [0.2, 0.25) is 0 Å². The first-order valence-corrected chi connectivity index (χ1v) is 6.21. The lowest BCUT2D eigenvalue weighted by Gasteiger charge is -2.16. The van der Waals surface area contributed by atoms with E-state index in [0.717, 1.165) is 12.8 Å². The van der Waals surface area contributed by atoms with Gasteiger partial charge in [-0.15, -0.1) is 0 Å². The summed E-state index contributed by atoms with van der Waals surface area (Å²) in [6.07, 6.45) is 1.70. The second-order valence-electron chi connectivity index (χ2n) is 3.94. The second kappa shape index (κ2) is 9.16. The van der Waals surface area contributed by atoms with E-state index >= 15 is 0 Å². The van der Waals surface area contributed by atoms with Crippen LogP contribution in [-0.4, -0.2) is 31.0 Å². The number of rotatable bonds is 9. The Hall–Kier alpha value is -0.900. The molecule has 0 bridgehead atoms. The van der Waals surface area contributed by atoms with Gasteiger partial charge in [-0.3, -0.25) is 0 Å². The maximum atomic E-state index is 8.79. The molecule has 0 aliphatic rings. The number of aliphatic hydroxyl groups excluding tert-OH is 1. The van der Waals surface area contributed by atoms with E-state index in [4.69, 9.17) is 14.6 Å². The van der Waals surface area contributed by atoms with Crippen LogP contribution in [0, 0.1) is 0 Å². The fourth-order valence-corrected chi connectivity index (χ4v) is 1.65. The van der Waals surface area contributed by atoms with E-state index in [-0.39, 0.29) is 12.7 Å². The second-order valence-corrected chi connectivity index (χ2v) is 3.94. The number of ether oxygens (including phenoxy) is 2. The fourth-order valence-electron chi connectivity index (χ4n) is 1.65. The molecule has 3 nitrogen and oxygen atoms in total. The van der Waals surface area contributed by atoms with Crippen molar-refractivity contribution in [1.82, 2.24) is 0 Å². The normalized spacial score (nSPS) is 12.6. The molecule has 1 rings (SSSR count). The van der Waals surface area contributed by atoms with Crippen molar-refractivity contribution >= 4 is 0 Å². The Morgan fingerprint density at radius 3 is 2.65 bits per heavy atom. The number of hydrogen-bond acceptors (Lipinski definition) is 3. The predicted molar refractivity (Wildman–Crippen MR) is 67.8 cm³/mol. The molecule has 0 saturated heterocycles. The van der Waals surface area contributed by atoms with Crippen LogP contribution in [0.3, 0.4) is 0 Å². The van der Waals surface area contributed by atoms with Gasteiger partial charge in [0, 0.05) is 13.2 Å². The lowest BCUT2D eigenvalue weighted by molar-refractivity contribution is -0.0231. The summed E-state index contributed by atoms with van der Waals surface area (Å²) in [7, 11) is 0. The van der Waals surface area contributed by atoms with Crippen LogP contribution in [-0.2, 0) is 16.1 Å². The molecule has 0 amide bonds. The Labute approximate surface area is 103 Å². The Morgan fingerprint density at radius 2 is 2.00 bits per heavy atom. The summed E-state index contributed by atoms with van der Waals surface area (Å²) >= 11 is 0. The minimum atomic E-state index is 0.0934. The Bertz CT molecular complexity index is 274. The lowest BCUT2D eigenvalue weighted by atomic mass is 10.2. The largest absolute Gasteiger partial charge is 0.396 e. The Balaban J connectivity index is 2.22. The summed E-state index contributed by atoms with van der Waals surface area (Å²) in [5, 5.41) is 8.79. The van der Waals surface area contributed by atoms with Crippen molar-refractivity contribution in [2.45, 2.75) is 32.5 Å². The zero-order valence-electron chi connectivity index (χ0n) is 10.5. The average molecular weight is 238 g/mol. The van der Waals surface area contributed by atoms with Gasteiger partial charge in [-0.05, 0) is 25.3 Å². The molecule has 96 valence electrons. The molecule has 0 fully saturated rings. The Morgan fingerprint density at radius 1 is 1.24 bits per heavy atom. The van der Waals surface area contributed by atoms with Crippen LogP contribution in [0.25, 0.3) is 0 Å². The van der Waals surface area contributed by atoms with Crippen LogP contribution >= 0.6 is 0 Å². The molecule has 1 aromatic rings. The van der Waals surface area contributed by atoms with Crippen molar-refractivity contribution in [1.29, 1.82) is 0 Å². The molecule has 0 saturated carbocycles. The Kier molecular flexibility index (Phi) is 7.63. The van der Waals surface area contributed by atoms with Gasteiger partial charge >= 0.3 is 0 Å². The lowest BCUT2D eigenvalue weighted by Crippen LogP contribution is -2.20. The monoisotopic (exact) mass is 238 g/mol. The summed E-state index contributed by atoms with van der Waals surface area (Å²) < 4.78 is 11.2. The van der Waals surface area contributed by atoms with E-state index in [2.05, 4.69) is 0 Å². The molecular weight excluding hydrogens is 216 g/mol. The van der Waals surface area contributed by atoms with Gasteiger partial charge in [0.15, 0.2) is 0 Å². The highest BCUT2D eigenvalue weighted by atomic mass is 16.5. The van der Waals surface area contributed by atoms with Crippen LogP contribution in [0.2, 0.25) is 0 Å². The van der Waals surface area contributed by atoms with Crippen molar-refractivity contribution in [3.8, 4) is 0 Å². The van der Waals surface area contributed by atoms with Crippen molar-refractivity contribution in [2.75, 3.05) is 19.8 Å². The molecule has 0 heterocycles. The molecule has 0 aliphatic heterocycles.